The van der Waals surface area contributed by atoms with Crippen molar-refractivity contribution in [1.82, 2.24) is 4.98 Å². The van der Waals surface area contributed by atoms with Gasteiger partial charge in [0, 0.05) is 16.0 Å². The third-order valence-electron chi connectivity index (χ3n) is 5.53. The van der Waals surface area contributed by atoms with E-state index in [-0.39, 0.29) is 10.8 Å². The Morgan fingerprint density at radius 1 is 1.18 bits per heavy atom. The molecule has 0 radical (unpaired) electrons. The van der Waals surface area contributed by atoms with Crippen LogP contribution in [0.25, 0.3) is 5.57 Å². The number of halogens is 1. The Balaban J connectivity index is 1.71. The molecule has 2 aromatic rings. The zero-order valence-corrected chi connectivity index (χ0v) is 20.6. The molecule has 1 aliphatic carbocycles. The van der Waals surface area contributed by atoms with Crippen molar-refractivity contribution in [3.05, 3.63) is 49.9 Å². The molecule has 1 aliphatic rings. The van der Waals surface area contributed by atoms with Crippen molar-refractivity contribution in [2.45, 2.75) is 45.8 Å². The smallest absolute Gasteiger partial charge is 0.201 e. The van der Waals surface area contributed by atoms with Crippen molar-refractivity contribution in [2.75, 3.05) is 13.2 Å². The molecule has 1 heterocycles. The van der Waals surface area contributed by atoms with Gasteiger partial charge in [-0.15, -0.1) is 11.3 Å². The molecule has 1 aromatic heterocycles. The number of hydrogen-bond acceptors (Lipinski definition) is 5. The Labute approximate surface area is 180 Å². The van der Waals surface area contributed by atoms with E-state index >= 15 is 0 Å². The van der Waals surface area contributed by atoms with Gasteiger partial charge in [0.1, 0.15) is 12.4 Å². The van der Waals surface area contributed by atoms with Crippen LogP contribution < -0.4 is 4.74 Å². The van der Waals surface area contributed by atoms with E-state index in [4.69, 9.17) is 9.16 Å². The molecule has 0 unspecified atom stereocenters. The van der Waals surface area contributed by atoms with Gasteiger partial charge in [0.25, 0.3) is 0 Å². The van der Waals surface area contributed by atoms with E-state index in [1.54, 1.807) is 16.8 Å². The van der Waals surface area contributed by atoms with Gasteiger partial charge in [-0.3, -0.25) is 4.79 Å². The predicted octanol–water partition coefficient (Wildman–Crippen LogP) is 6.20. The predicted molar refractivity (Wildman–Crippen MR) is 121 cm³/mol. The molecule has 0 aliphatic heterocycles. The Morgan fingerprint density at radius 3 is 2.50 bits per heavy atom. The summed E-state index contributed by atoms with van der Waals surface area (Å²) >= 11 is 5.05. The fourth-order valence-corrected chi connectivity index (χ4v) is 5.04. The van der Waals surface area contributed by atoms with Crippen molar-refractivity contribution >= 4 is 46.9 Å². The minimum atomic E-state index is -1.78. The molecule has 0 bridgehead atoms. The SMILES string of the molecule is Cc1scnc1C1=C(Br)C(=O)c2cc(OCCO[Si](C)(C)C(C)(C)C)ccc21. The van der Waals surface area contributed by atoms with Crippen molar-refractivity contribution < 1.29 is 14.0 Å². The molecular weight excluding hydrogens is 454 g/mol. The number of thiazole rings is 1. The zero-order valence-electron chi connectivity index (χ0n) is 17.2. The molecule has 0 atom stereocenters. The second-order valence-electron chi connectivity index (χ2n) is 8.44. The number of allylic oxidation sites excluding steroid dienone is 1. The van der Waals surface area contributed by atoms with Crippen LogP contribution in [0.2, 0.25) is 18.1 Å². The summed E-state index contributed by atoms with van der Waals surface area (Å²) in [5.74, 6) is 0.655. The van der Waals surface area contributed by atoms with Crippen LogP contribution in [0.3, 0.4) is 0 Å². The highest BCUT2D eigenvalue weighted by molar-refractivity contribution is 9.12. The topological polar surface area (TPSA) is 48.4 Å². The van der Waals surface area contributed by atoms with Crippen LogP contribution in [-0.4, -0.2) is 32.3 Å². The van der Waals surface area contributed by atoms with Crippen LogP contribution >= 0.6 is 27.3 Å². The minimum Gasteiger partial charge on any atom is -0.491 e. The number of ether oxygens (including phenoxy) is 1. The van der Waals surface area contributed by atoms with Crippen molar-refractivity contribution in [3.63, 3.8) is 0 Å². The molecule has 1 aromatic carbocycles. The Hall–Kier alpha value is -1.28. The molecule has 28 heavy (non-hydrogen) atoms. The van der Waals surface area contributed by atoms with E-state index in [9.17, 15) is 4.79 Å². The monoisotopic (exact) mass is 479 g/mol. The first-order valence-electron chi connectivity index (χ1n) is 9.29. The van der Waals surface area contributed by atoms with Gasteiger partial charge in [-0.1, -0.05) is 20.8 Å². The average molecular weight is 481 g/mol. The summed E-state index contributed by atoms with van der Waals surface area (Å²) in [5.41, 5.74) is 5.08. The third kappa shape index (κ3) is 4.03. The number of aromatic nitrogens is 1. The van der Waals surface area contributed by atoms with E-state index in [2.05, 4.69) is 54.8 Å². The zero-order chi connectivity index (χ0) is 20.7. The van der Waals surface area contributed by atoms with Gasteiger partial charge >= 0.3 is 0 Å². The number of carbonyl (C=O) groups excluding carboxylic acids is 1. The number of fused-ring (bicyclic) bond motifs is 1. The first-order valence-corrected chi connectivity index (χ1v) is 13.9. The molecule has 0 fully saturated rings. The van der Waals surface area contributed by atoms with Gasteiger partial charge in [0.15, 0.2) is 8.32 Å². The Kier molecular flexibility index (Phi) is 6.01. The van der Waals surface area contributed by atoms with Crippen molar-refractivity contribution in [1.29, 1.82) is 0 Å². The number of hydrogen-bond donors (Lipinski definition) is 0. The molecule has 7 heteroatoms. The van der Waals surface area contributed by atoms with Gasteiger partial charge in [-0.05, 0) is 64.7 Å². The molecule has 0 spiro atoms. The van der Waals surface area contributed by atoms with Crippen LogP contribution in [0.5, 0.6) is 5.75 Å². The molecular formula is C21H26BrNO3SSi. The van der Waals surface area contributed by atoms with E-state index in [0.717, 1.165) is 21.7 Å². The number of rotatable bonds is 6. The van der Waals surface area contributed by atoms with E-state index in [0.29, 0.717) is 29.0 Å². The molecule has 0 amide bonds. The summed E-state index contributed by atoms with van der Waals surface area (Å²) in [6.45, 7) is 14.1. The van der Waals surface area contributed by atoms with Gasteiger partial charge < -0.3 is 9.16 Å². The van der Waals surface area contributed by atoms with E-state index in [1.165, 1.54) is 0 Å². The molecule has 0 N–H and O–H groups in total. The summed E-state index contributed by atoms with van der Waals surface area (Å²) in [7, 11) is -1.78. The second-order valence-corrected chi connectivity index (χ2v) is 15.1. The fraction of sp³-hybridized carbons (Fsp3) is 0.429. The maximum absolute atomic E-state index is 12.7. The highest BCUT2D eigenvalue weighted by Crippen LogP contribution is 2.42. The fourth-order valence-electron chi connectivity index (χ4n) is 2.82. The minimum absolute atomic E-state index is 0.0274. The normalized spacial score (nSPS) is 14.6. The number of ketones is 1. The van der Waals surface area contributed by atoms with Gasteiger partial charge in [-0.2, -0.15) is 0 Å². The summed E-state index contributed by atoms with van der Waals surface area (Å²) in [4.78, 5) is 18.3. The lowest BCUT2D eigenvalue weighted by atomic mass is 10.0. The van der Waals surface area contributed by atoms with Gasteiger partial charge in [-0.25, -0.2) is 4.98 Å². The molecule has 150 valence electrons. The van der Waals surface area contributed by atoms with Crippen LogP contribution in [0.1, 0.15) is 47.3 Å². The molecule has 0 saturated carbocycles. The van der Waals surface area contributed by atoms with E-state index < -0.39 is 8.32 Å². The third-order valence-corrected chi connectivity index (χ3v) is 11.6. The number of Topliss-reactive ketones (excluding diaryl/α,β-unsaturated/α-hetero) is 1. The van der Waals surface area contributed by atoms with E-state index in [1.807, 2.05) is 25.1 Å². The van der Waals surface area contributed by atoms with Crippen molar-refractivity contribution in [3.8, 4) is 5.75 Å². The van der Waals surface area contributed by atoms with Crippen molar-refractivity contribution in [2.24, 2.45) is 0 Å². The molecule has 4 nitrogen and oxygen atoms in total. The maximum atomic E-state index is 12.7. The maximum Gasteiger partial charge on any atom is 0.201 e. The van der Waals surface area contributed by atoms with Crippen LogP contribution in [0.4, 0.5) is 0 Å². The number of aryl methyl sites for hydroxylation is 1. The lowest BCUT2D eigenvalue weighted by Crippen LogP contribution is -2.41. The summed E-state index contributed by atoms with van der Waals surface area (Å²) < 4.78 is 12.6. The quantitative estimate of drug-likeness (QED) is 0.365. The largest absolute Gasteiger partial charge is 0.491 e. The van der Waals surface area contributed by atoms with Crippen LogP contribution in [0.15, 0.2) is 28.2 Å². The summed E-state index contributed by atoms with van der Waals surface area (Å²) in [6, 6.07) is 5.67. The summed E-state index contributed by atoms with van der Waals surface area (Å²) in [6.07, 6.45) is 0. The first kappa shape index (κ1) is 21.4. The lowest BCUT2D eigenvalue weighted by molar-refractivity contribution is 0.104. The van der Waals surface area contributed by atoms with Crippen LogP contribution in [0, 0.1) is 6.92 Å². The second kappa shape index (κ2) is 7.86. The number of nitrogens with zero attached hydrogens (tertiary/aromatic N) is 1. The van der Waals surface area contributed by atoms with Crippen LogP contribution in [-0.2, 0) is 4.43 Å². The Morgan fingerprint density at radius 2 is 1.89 bits per heavy atom. The summed E-state index contributed by atoms with van der Waals surface area (Å²) in [5, 5.41) is 0.176. The Bertz CT molecular complexity index is 943. The van der Waals surface area contributed by atoms with Gasteiger partial charge in [0.2, 0.25) is 5.78 Å². The van der Waals surface area contributed by atoms with Gasteiger partial charge in [0.05, 0.1) is 22.3 Å². The lowest BCUT2D eigenvalue weighted by Gasteiger charge is -2.36. The highest BCUT2D eigenvalue weighted by atomic mass is 79.9. The highest BCUT2D eigenvalue weighted by Gasteiger charge is 2.37. The number of benzene rings is 1. The number of carbonyl (C=O) groups is 1. The first-order chi connectivity index (χ1) is 13.0. The average Bonchev–Trinajstić information content (AvgIpc) is 3.13. The molecule has 3 rings (SSSR count). The molecule has 0 saturated heterocycles. The standard InChI is InChI=1S/C21H26BrNO3SSi/c1-13-19(23-12-27-13)17-15-8-7-14(11-16(15)20(24)18(17)22)25-9-10-26-28(5,6)21(2,3)4/h7-8,11-12H,9-10H2,1-6H3.